The zero-order valence-electron chi connectivity index (χ0n) is 7.93. The molecule has 2 heterocycles. The number of hydrogen-bond acceptors (Lipinski definition) is 4. The van der Waals surface area contributed by atoms with Crippen molar-refractivity contribution in [1.82, 2.24) is 9.97 Å². The van der Waals surface area contributed by atoms with E-state index in [2.05, 4.69) is 32.0 Å². The first kappa shape index (κ1) is 10.7. The zero-order chi connectivity index (χ0) is 10.7. The highest BCUT2D eigenvalue weighted by Crippen LogP contribution is 2.25. The van der Waals surface area contributed by atoms with Crippen LogP contribution in [0.5, 0.6) is 0 Å². The van der Waals surface area contributed by atoms with E-state index < -0.39 is 0 Å². The van der Waals surface area contributed by atoms with E-state index in [1.807, 2.05) is 6.07 Å². The van der Waals surface area contributed by atoms with Crippen LogP contribution in [-0.2, 0) is 6.42 Å². The van der Waals surface area contributed by atoms with Crippen LogP contribution in [0.25, 0.3) is 0 Å². The predicted molar refractivity (Wildman–Crippen MR) is 64.7 cm³/mol. The number of thiophene rings is 1. The molecule has 0 amide bonds. The second kappa shape index (κ2) is 4.83. The zero-order valence-corrected chi connectivity index (χ0v) is 10.3. The minimum Gasteiger partial charge on any atom is -0.324 e. The largest absolute Gasteiger partial charge is 0.324 e. The maximum atomic E-state index is 6.05. The molecule has 2 rings (SSSR count). The fourth-order valence-corrected chi connectivity index (χ4v) is 2.84. The third-order valence-corrected chi connectivity index (χ3v) is 3.70. The van der Waals surface area contributed by atoms with E-state index in [0.29, 0.717) is 0 Å². The lowest BCUT2D eigenvalue weighted by molar-refractivity contribution is 0.720. The van der Waals surface area contributed by atoms with Crippen LogP contribution in [0.1, 0.15) is 16.5 Å². The van der Waals surface area contributed by atoms with Crippen LogP contribution in [0.2, 0.25) is 0 Å². The van der Waals surface area contributed by atoms with Gasteiger partial charge in [0.1, 0.15) is 6.33 Å². The quantitative estimate of drug-likeness (QED) is 0.942. The number of nitrogens with two attached hydrogens (primary N) is 1. The summed E-state index contributed by atoms with van der Waals surface area (Å²) in [5.74, 6) is 0. The van der Waals surface area contributed by atoms with Crippen molar-refractivity contribution in [2.24, 2.45) is 5.73 Å². The van der Waals surface area contributed by atoms with Gasteiger partial charge in [0.2, 0.25) is 0 Å². The second-order valence-electron chi connectivity index (χ2n) is 3.19. The Hall–Kier alpha value is -0.780. The van der Waals surface area contributed by atoms with Crippen LogP contribution in [0.4, 0.5) is 0 Å². The summed E-state index contributed by atoms with van der Waals surface area (Å²) >= 11 is 5.14. The van der Waals surface area contributed by atoms with E-state index in [1.165, 1.54) is 11.2 Å². The van der Waals surface area contributed by atoms with Gasteiger partial charge < -0.3 is 5.73 Å². The molecule has 2 aromatic rings. The Balaban J connectivity index is 2.07. The van der Waals surface area contributed by atoms with Crippen LogP contribution < -0.4 is 5.73 Å². The van der Waals surface area contributed by atoms with E-state index in [0.717, 1.165) is 15.8 Å². The van der Waals surface area contributed by atoms with Crippen LogP contribution in [0, 0.1) is 0 Å². The Morgan fingerprint density at radius 2 is 2.07 bits per heavy atom. The van der Waals surface area contributed by atoms with Gasteiger partial charge in [-0.25, -0.2) is 9.97 Å². The van der Waals surface area contributed by atoms with Gasteiger partial charge in [-0.3, -0.25) is 0 Å². The normalized spacial score (nSPS) is 12.7. The molecule has 1 unspecified atom stereocenters. The van der Waals surface area contributed by atoms with Crippen LogP contribution in [0.3, 0.4) is 0 Å². The Bertz CT molecular complexity index is 429. The number of aromatic nitrogens is 2. The van der Waals surface area contributed by atoms with Crippen molar-refractivity contribution in [3.8, 4) is 0 Å². The molecule has 0 radical (unpaired) electrons. The van der Waals surface area contributed by atoms with Crippen molar-refractivity contribution < 1.29 is 0 Å². The SMILES string of the molecule is NC(Cc1ccc(Br)s1)c1cncnc1. The van der Waals surface area contributed by atoms with Crippen molar-refractivity contribution in [3.63, 3.8) is 0 Å². The summed E-state index contributed by atoms with van der Waals surface area (Å²) in [7, 11) is 0. The molecule has 0 aliphatic carbocycles. The first-order chi connectivity index (χ1) is 7.25. The molecule has 0 aliphatic rings. The summed E-state index contributed by atoms with van der Waals surface area (Å²) < 4.78 is 1.13. The van der Waals surface area contributed by atoms with E-state index in [1.54, 1.807) is 23.7 Å². The molecule has 2 aromatic heterocycles. The van der Waals surface area contributed by atoms with E-state index >= 15 is 0 Å². The van der Waals surface area contributed by atoms with Crippen molar-refractivity contribution in [3.05, 3.63) is 45.1 Å². The minimum atomic E-state index is -0.0308. The van der Waals surface area contributed by atoms with Crippen molar-refractivity contribution in [1.29, 1.82) is 0 Å². The van der Waals surface area contributed by atoms with Crippen molar-refractivity contribution in [2.45, 2.75) is 12.5 Å². The average molecular weight is 284 g/mol. The molecule has 0 bridgehead atoms. The molecule has 3 nitrogen and oxygen atoms in total. The van der Waals surface area contributed by atoms with E-state index in [4.69, 9.17) is 5.73 Å². The molecule has 2 N–H and O–H groups in total. The lowest BCUT2D eigenvalue weighted by Gasteiger charge is -2.08. The van der Waals surface area contributed by atoms with Gasteiger partial charge in [-0.1, -0.05) is 0 Å². The highest BCUT2D eigenvalue weighted by atomic mass is 79.9. The molecule has 5 heteroatoms. The summed E-state index contributed by atoms with van der Waals surface area (Å²) in [4.78, 5) is 9.17. The first-order valence-corrected chi connectivity index (χ1v) is 6.11. The third-order valence-electron chi connectivity index (χ3n) is 2.06. The molecule has 0 fully saturated rings. The fourth-order valence-electron chi connectivity index (χ4n) is 1.30. The van der Waals surface area contributed by atoms with Crippen molar-refractivity contribution in [2.75, 3.05) is 0 Å². The molecule has 0 spiro atoms. The van der Waals surface area contributed by atoms with Gasteiger partial charge in [-0.15, -0.1) is 11.3 Å². The number of hydrogen-bond donors (Lipinski definition) is 1. The highest BCUT2D eigenvalue weighted by molar-refractivity contribution is 9.11. The molecule has 0 saturated carbocycles. The number of halogens is 1. The van der Waals surface area contributed by atoms with Gasteiger partial charge in [0, 0.05) is 35.3 Å². The molecule has 0 aromatic carbocycles. The van der Waals surface area contributed by atoms with Gasteiger partial charge in [0.15, 0.2) is 0 Å². The van der Waals surface area contributed by atoms with Crippen molar-refractivity contribution >= 4 is 27.3 Å². The summed E-state index contributed by atoms with van der Waals surface area (Å²) in [6, 6.07) is 4.09. The van der Waals surface area contributed by atoms with Crippen LogP contribution in [0.15, 0.2) is 34.6 Å². The molecule has 0 aliphatic heterocycles. The highest BCUT2D eigenvalue weighted by Gasteiger charge is 2.08. The number of rotatable bonds is 3. The van der Waals surface area contributed by atoms with Gasteiger partial charge in [0.05, 0.1) is 3.79 Å². The topological polar surface area (TPSA) is 51.8 Å². The third kappa shape index (κ3) is 2.84. The standard InChI is InChI=1S/C10H10BrN3S/c11-10-2-1-8(15-10)3-9(12)7-4-13-6-14-5-7/h1-2,4-6,9H,3,12H2. The van der Waals surface area contributed by atoms with Crippen LogP contribution in [-0.4, -0.2) is 9.97 Å². The summed E-state index contributed by atoms with van der Waals surface area (Å²) in [6.45, 7) is 0. The van der Waals surface area contributed by atoms with Gasteiger partial charge in [0.25, 0.3) is 0 Å². The molecule has 78 valence electrons. The summed E-state index contributed by atoms with van der Waals surface area (Å²) in [5.41, 5.74) is 7.02. The summed E-state index contributed by atoms with van der Waals surface area (Å²) in [5, 5.41) is 0. The molecule has 0 saturated heterocycles. The predicted octanol–water partition coefficient (Wildman–Crippen LogP) is 2.54. The Labute approximate surface area is 101 Å². The molecule has 1 atom stereocenters. The maximum Gasteiger partial charge on any atom is 0.115 e. The van der Waals surface area contributed by atoms with E-state index in [-0.39, 0.29) is 6.04 Å². The monoisotopic (exact) mass is 283 g/mol. The smallest absolute Gasteiger partial charge is 0.115 e. The molecular formula is C10H10BrN3S. The fraction of sp³-hybridized carbons (Fsp3) is 0.200. The van der Waals surface area contributed by atoms with Gasteiger partial charge in [-0.2, -0.15) is 0 Å². The van der Waals surface area contributed by atoms with Crippen LogP contribution >= 0.6 is 27.3 Å². The first-order valence-electron chi connectivity index (χ1n) is 4.50. The van der Waals surface area contributed by atoms with Gasteiger partial charge in [-0.05, 0) is 28.1 Å². The second-order valence-corrected chi connectivity index (χ2v) is 5.74. The van der Waals surface area contributed by atoms with Gasteiger partial charge >= 0.3 is 0 Å². The maximum absolute atomic E-state index is 6.05. The summed E-state index contributed by atoms with van der Waals surface area (Å²) in [6.07, 6.45) is 5.86. The average Bonchev–Trinajstić information content (AvgIpc) is 2.65. The Morgan fingerprint density at radius 1 is 1.33 bits per heavy atom. The lowest BCUT2D eigenvalue weighted by atomic mass is 10.1. The molecular weight excluding hydrogens is 274 g/mol. The van der Waals surface area contributed by atoms with E-state index in [9.17, 15) is 0 Å². The number of nitrogens with zero attached hydrogens (tertiary/aromatic N) is 2. The Morgan fingerprint density at radius 3 is 2.67 bits per heavy atom. The molecule has 15 heavy (non-hydrogen) atoms. The minimum absolute atomic E-state index is 0.0308. The lowest BCUT2D eigenvalue weighted by Crippen LogP contribution is -2.13. The Kier molecular flexibility index (Phi) is 3.45.